The predicted molar refractivity (Wildman–Crippen MR) is 72.8 cm³/mol. The van der Waals surface area contributed by atoms with Gasteiger partial charge in [-0.1, -0.05) is 0 Å². The summed E-state index contributed by atoms with van der Waals surface area (Å²) in [6, 6.07) is -1.83. The van der Waals surface area contributed by atoms with E-state index in [9.17, 15) is 14.4 Å². The van der Waals surface area contributed by atoms with Gasteiger partial charge in [-0.15, -0.1) is 0 Å². The highest BCUT2D eigenvalue weighted by molar-refractivity contribution is 5.86. The van der Waals surface area contributed by atoms with Gasteiger partial charge in [-0.05, 0) is 19.8 Å². The van der Waals surface area contributed by atoms with Crippen molar-refractivity contribution < 1.29 is 29.0 Å². The van der Waals surface area contributed by atoms with Crippen LogP contribution < -0.4 is 5.32 Å². The minimum Gasteiger partial charge on any atom is -0.480 e. The molecule has 120 valence electrons. The van der Waals surface area contributed by atoms with Crippen LogP contribution in [0, 0.1) is 0 Å². The van der Waals surface area contributed by atoms with Gasteiger partial charge in [-0.3, -0.25) is 4.79 Å². The second-order valence-electron chi connectivity index (χ2n) is 4.79. The topological polar surface area (TPSA) is 105 Å². The standard InChI is InChI=1S/C13H22N2O6/c1-3-15(8-9-5-4-6-21-9)13(19)14-10(12(17)18)7-11(16)20-2/h9-10H,3-8H2,1-2H3,(H,14,19)(H,17,18)/t9?,10-/m0/s1. The molecule has 2 amide bonds. The van der Waals surface area contributed by atoms with Gasteiger partial charge in [-0.25, -0.2) is 9.59 Å². The predicted octanol–water partition coefficient (Wildman–Crippen LogP) is 0.213. The van der Waals surface area contributed by atoms with Crippen molar-refractivity contribution in [3.05, 3.63) is 0 Å². The van der Waals surface area contributed by atoms with Gasteiger partial charge in [0.2, 0.25) is 0 Å². The van der Waals surface area contributed by atoms with E-state index < -0.39 is 30.4 Å². The Hall–Kier alpha value is -1.83. The smallest absolute Gasteiger partial charge is 0.326 e. The molecule has 0 radical (unpaired) electrons. The summed E-state index contributed by atoms with van der Waals surface area (Å²) in [5.74, 6) is -1.97. The number of aliphatic carboxylic acids is 1. The van der Waals surface area contributed by atoms with E-state index in [0.29, 0.717) is 19.7 Å². The van der Waals surface area contributed by atoms with Crippen LogP contribution in [0.15, 0.2) is 0 Å². The quantitative estimate of drug-likeness (QED) is 0.651. The number of hydrogen-bond donors (Lipinski definition) is 2. The van der Waals surface area contributed by atoms with Crippen LogP contribution in [0.25, 0.3) is 0 Å². The summed E-state index contributed by atoms with van der Waals surface area (Å²) in [5, 5.41) is 11.4. The molecule has 1 heterocycles. The molecule has 8 nitrogen and oxygen atoms in total. The minimum atomic E-state index is -1.30. The van der Waals surface area contributed by atoms with Crippen molar-refractivity contribution in [1.82, 2.24) is 10.2 Å². The maximum Gasteiger partial charge on any atom is 0.326 e. The van der Waals surface area contributed by atoms with E-state index in [2.05, 4.69) is 10.1 Å². The molecular formula is C13H22N2O6. The number of ether oxygens (including phenoxy) is 2. The minimum absolute atomic E-state index is 0.0143. The maximum atomic E-state index is 12.1. The van der Waals surface area contributed by atoms with Crippen LogP contribution >= 0.6 is 0 Å². The second kappa shape index (κ2) is 8.46. The summed E-state index contributed by atoms with van der Waals surface area (Å²) in [6.07, 6.45) is 1.42. The van der Waals surface area contributed by atoms with Crippen molar-refractivity contribution in [3.8, 4) is 0 Å². The zero-order valence-electron chi connectivity index (χ0n) is 12.3. The molecule has 2 atom stereocenters. The number of amides is 2. The number of rotatable bonds is 7. The lowest BCUT2D eigenvalue weighted by molar-refractivity contribution is -0.147. The summed E-state index contributed by atoms with van der Waals surface area (Å²) in [4.78, 5) is 35.8. The first kappa shape index (κ1) is 17.2. The molecule has 1 aliphatic heterocycles. The molecule has 0 aromatic heterocycles. The zero-order valence-corrected chi connectivity index (χ0v) is 12.3. The first-order chi connectivity index (χ1) is 9.97. The Morgan fingerprint density at radius 3 is 2.67 bits per heavy atom. The summed E-state index contributed by atoms with van der Waals surface area (Å²) >= 11 is 0. The Balaban J connectivity index is 2.56. The van der Waals surface area contributed by atoms with E-state index in [1.54, 1.807) is 6.92 Å². The molecule has 21 heavy (non-hydrogen) atoms. The molecule has 1 saturated heterocycles. The monoisotopic (exact) mass is 302 g/mol. The highest BCUT2D eigenvalue weighted by Gasteiger charge is 2.27. The molecule has 1 unspecified atom stereocenters. The first-order valence-corrected chi connectivity index (χ1v) is 6.94. The van der Waals surface area contributed by atoms with E-state index >= 15 is 0 Å². The molecule has 8 heteroatoms. The average Bonchev–Trinajstić information content (AvgIpc) is 2.96. The lowest BCUT2D eigenvalue weighted by atomic mass is 10.2. The van der Waals surface area contributed by atoms with Gasteiger partial charge in [0, 0.05) is 19.7 Å². The number of esters is 1. The second-order valence-corrected chi connectivity index (χ2v) is 4.79. The van der Waals surface area contributed by atoms with Crippen LogP contribution in [0.5, 0.6) is 0 Å². The maximum absolute atomic E-state index is 12.1. The van der Waals surface area contributed by atoms with Crippen LogP contribution in [0.2, 0.25) is 0 Å². The van der Waals surface area contributed by atoms with Crippen LogP contribution in [-0.2, 0) is 19.1 Å². The summed E-state index contributed by atoms with van der Waals surface area (Å²) in [7, 11) is 1.17. The Labute approximate surface area is 123 Å². The van der Waals surface area contributed by atoms with E-state index in [1.165, 1.54) is 12.0 Å². The van der Waals surface area contributed by atoms with Crippen LogP contribution in [0.4, 0.5) is 4.79 Å². The SMILES string of the molecule is CCN(CC1CCCO1)C(=O)N[C@@H](CC(=O)OC)C(=O)O. The molecule has 0 bridgehead atoms. The molecular weight excluding hydrogens is 280 g/mol. The van der Waals surface area contributed by atoms with Crippen molar-refractivity contribution in [2.75, 3.05) is 26.8 Å². The summed E-state index contributed by atoms with van der Waals surface area (Å²) < 4.78 is 9.88. The number of carbonyl (C=O) groups excluding carboxylic acids is 2. The number of urea groups is 1. The van der Waals surface area contributed by atoms with E-state index in [0.717, 1.165) is 12.8 Å². The molecule has 0 aliphatic carbocycles. The molecule has 2 N–H and O–H groups in total. The normalized spacial score (nSPS) is 18.9. The van der Waals surface area contributed by atoms with Crippen molar-refractivity contribution in [3.63, 3.8) is 0 Å². The lowest BCUT2D eigenvalue weighted by Gasteiger charge is -2.25. The third kappa shape index (κ3) is 5.58. The Bertz CT molecular complexity index is 381. The first-order valence-electron chi connectivity index (χ1n) is 6.94. The molecule has 0 spiro atoms. The van der Waals surface area contributed by atoms with Gasteiger partial charge < -0.3 is 24.8 Å². The molecule has 0 saturated carbocycles. The fourth-order valence-electron chi connectivity index (χ4n) is 2.08. The number of carboxylic acid groups (broad SMARTS) is 1. The van der Waals surface area contributed by atoms with Crippen molar-refractivity contribution >= 4 is 18.0 Å². The molecule has 0 aromatic carbocycles. The fraction of sp³-hybridized carbons (Fsp3) is 0.769. The van der Waals surface area contributed by atoms with Gasteiger partial charge in [-0.2, -0.15) is 0 Å². The number of nitrogens with one attached hydrogen (secondary N) is 1. The Kier molecular flexibility index (Phi) is 6.93. The highest BCUT2D eigenvalue weighted by atomic mass is 16.5. The van der Waals surface area contributed by atoms with Gasteiger partial charge >= 0.3 is 18.0 Å². The summed E-state index contributed by atoms with van der Waals surface area (Å²) in [6.45, 7) is 3.32. The number of likely N-dealkylation sites (N-methyl/N-ethyl adjacent to an activating group) is 1. The zero-order chi connectivity index (χ0) is 15.8. The van der Waals surface area contributed by atoms with E-state index in [4.69, 9.17) is 9.84 Å². The van der Waals surface area contributed by atoms with Gasteiger partial charge in [0.1, 0.15) is 6.04 Å². The highest BCUT2D eigenvalue weighted by Crippen LogP contribution is 2.13. The summed E-state index contributed by atoms with van der Waals surface area (Å²) in [5.41, 5.74) is 0. The van der Waals surface area contributed by atoms with Crippen molar-refractivity contribution in [1.29, 1.82) is 0 Å². The lowest BCUT2D eigenvalue weighted by Crippen LogP contribution is -2.50. The van der Waals surface area contributed by atoms with Crippen LogP contribution in [-0.4, -0.2) is 66.9 Å². The molecule has 1 rings (SSSR count). The fourth-order valence-corrected chi connectivity index (χ4v) is 2.08. The average molecular weight is 302 g/mol. The molecule has 1 fully saturated rings. The number of nitrogens with zero attached hydrogens (tertiary/aromatic N) is 1. The van der Waals surface area contributed by atoms with Crippen molar-refractivity contribution in [2.45, 2.75) is 38.3 Å². The number of methoxy groups -OCH3 is 1. The van der Waals surface area contributed by atoms with Crippen molar-refractivity contribution in [2.24, 2.45) is 0 Å². The Morgan fingerprint density at radius 1 is 1.48 bits per heavy atom. The van der Waals surface area contributed by atoms with Crippen LogP contribution in [0.3, 0.4) is 0 Å². The Morgan fingerprint density at radius 2 is 2.19 bits per heavy atom. The molecule has 0 aromatic rings. The number of hydrogen-bond acceptors (Lipinski definition) is 5. The largest absolute Gasteiger partial charge is 0.480 e. The third-order valence-corrected chi connectivity index (χ3v) is 3.31. The number of carboxylic acids is 1. The third-order valence-electron chi connectivity index (χ3n) is 3.31. The van der Waals surface area contributed by atoms with E-state index in [1.807, 2.05) is 0 Å². The van der Waals surface area contributed by atoms with Gasteiger partial charge in [0.15, 0.2) is 0 Å². The van der Waals surface area contributed by atoms with Crippen LogP contribution in [0.1, 0.15) is 26.2 Å². The molecule has 1 aliphatic rings. The van der Waals surface area contributed by atoms with Gasteiger partial charge in [0.25, 0.3) is 0 Å². The van der Waals surface area contributed by atoms with E-state index in [-0.39, 0.29) is 6.10 Å². The van der Waals surface area contributed by atoms with Gasteiger partial charge in [0.05, 0.1) is 19.6 Å². The number of carbonyl (C=O) groups is 3.